The van der Waals surface area contributed by atoms with E-state index in [1.807, 2.05) is 0 Å². The summed E-state index contributed by atoms with van der Waals surface area (Å²) >= 11 is 5.72. The number of benzene rings is 1. The molecule has 1 aromatic heterocycles. The maximum Gasteiger partial charge on any atom is 0.193 e. The minimum Gasteiger partial charge on any atom is -0.289 e. The lowest BCUT2D eigenvalue weighted by atomic mass is 10.00. The van der Waals surface area contributed by atoms with Gasteiger partial charge >= 0.3 is 0 Å². The first-order valence-corrected chi connectivity index (χ1v) is 5.38. The fourth-order valence-corrected chi connectivity index (χ4v) is 1.75. The second kappa shape index (κ2) is 4.63. The van der Waals surface area contributed by atoms with Crippen LogP contribution in [0.3, 0.4) is 0 Å². The van der Waals surface area contributed by atoms with Crippen molar-refractivity contribution in [3.05, 3.63) is 64.2 Å². The fourth-order valence-electron chi connectivity index (χ4n) is 1.58. The Morgan fingerprint density at radius 3 is 2.71 bits per heavy atom. The van der Waals surface area contributed by atoms with Crippen LogP contribution in [0, 0.1) is 12.7 Å². The minimum absolute atomic E-state index is 0.188. The number of halogens is 2. The van der Waals surface area contributed by atoms with E-state index < -0.39 is 0 Å². The van der Waals surface area contributed by atoms with Gasteiger partial charge in [-0.15, -0.1) is 0 Å². The second-order valence-electron chi connectivity index (χ2n) is 3.66. The molecule has 0 spiro atoms. The normalized spacial score (nSPS) is 10.3. The van der Waals surface area contributed by atoms with Crippen molar-refractivity contribution in [1.82, 2.24) is 4.98 Å². The molecule has 1 aromatic carbocycles. The first-order valence-electron chi connectivity index (χ1n) is 5.00. The van der Waals surface area contributed by atoms with Crippen molar-refractivity contribution >= 4 is 17.4 Å². The largest absolute Gasteiger partial charge is 0.289 e. The number of hydrogen-bond acceptors (Lipinski definition) is 2. The third-order valence-corrected chi connectivity index (χ3v) is 2.63. The summed E-state index contributed by atoms with van der Waals surface area (Å²) in [7, 11) is 0. The number of aryl methyl sites for hydroxylation is 1. The molecule has 0 saturated carbocycles. The van der Waals surface area contributed by atoms with E-state index in [0.717, 1.165) is 0 Å². The van der Waals surface area contributed by atoms with Gasteiger partial charge in [0, 0.05) is 17.3 Å². The molecule has 0 aliphatic carbocycles. The summed E-state index contributed by atoms with van der Waals surface area (Å²) in [4.78, 5) is 15.9. The zero-order chi connectivity index (χ0) is 12.4. The summed E-state index contributed by atoms with van der Waals surface area (Å²) in [6, 6.07) is 7.14. The SMILES string of the molecule is Cc1cc(F)ccc1C(=O)c1ccnc(Cl)c1. The fraction of sp³-hybridized carbons (Fsp3) is 0.0769. The molecule has 0 aliphatic rings. The molecule has 0 fully saturated rings. The number of nitrogens with zero attached hydrogens (tertiary/aromatic N) is 1. The monoisotopic (exact) mass is 249 g/mol. The molecule has 2 rings (SSSR count). The lowest BCUT2D eigenvalue weighted by Gasteiger charge is -2.05. The van der Waals surface area contributed by atoms with E-state index in [1.165, 1.54) is 30.5 Å². The maximum atomic E-state index is 12.9. The molecule has 2 nitrogen and oxygen atoms in total. The molecular weight excluding hydrogens is 241 g/mol. The standard InChI is InChI=1S/C13H9ClFNO/c1-8-6-10(15)2-3-11(8)13(17)9-4-5-16-12(14)7-9/h2-7H,1H3. The molecule has 1 heterocycles. The highest BCUT2D eigenvalue weighted by Gasteiger charge is 2.12. The molecule has 0 amide bonds. The van der Waals surface area contributed by atoms with E-state index in [0.29, 0.717) is 16.7 Å². The van der Waals surface area contributed by atoms with Crippen molar-refractivity contribution < 1.29 is 9.18 Å². The molecule has 4 heteroatoms. The van der Waals surface area contributed by atoms with Gasteiger partial charge < -0.3 is 0 Å². The molecule has 0 unspecified atom stereocenters. The molecule has 0 radical (unpaired) electrons. The number of carbonyl (C=O) groups excluding carboxylic acids is 1. The average molecular weight is 250 g/mol. The van der Waals surface area contributed by atoms with Crippen LogP contribution in [0.15, 0.2) is 36.5 Å². The van der Waals surface area contributed by atoms with Crippen LogP contribution in [0.25, 0.3) is 0 Å². The van der Waals surface area contributed by atoms with Crippen LogP contribution >= 0.6 is 11.6 Å². The molecule has 0 atom stereocenters. The number of aromatic nitrogens is 1. The van der Waals surface area contributed by atoms with E-state index >= 15 is 0 Å². The zero-order valence-electron chi connectivity index (χ0n) is 9.08. The Balaban J connectivity index is 2.44. The van der Waals surface area contributed by atoms with Gasteiger partial charge in [0.25, 0.3) is 0 Å². The molecular formula is C13H9ClFNO. The molecule has 17 heavy (non-hydrogen) atoms. The van der Waals surface area contributed by atoms with E-state index in [2.05, 4.69) is 4.98 Å². The van der Waals surface area contributed by atoms with Gasteiger partial charge in [0.05, 0.1) is 0 Å². The van der Waals surface area contributed by atoms with E-state index in [1.54, 1.807) is 13.0 Å². The smallest absolute Gasteiger partial charge is 0.193 e. The summed E-state index contributed by atoms with van der Waals surface area (Å²) in [6.45, 7) is 1.69. The quantitative estimate of drug-likeness (QED) is 0.603. The Hall–Kier alpha value is -1.74. The third kappa shape index (κ3) is 2.50. The topological polar surface area (TPSA) is 30.0 Å². The first-order chi connectivity index (χ1) is 8.08. The first kappa shape index (κ1) is 11.7. The van der Waals surface area contributed by atoms with Crippen LogP contribution < -0.4 is 0 Å². The Morgan fingerprint density at radius 1 is 1.29 bits per heavy atom. The van der Waals surface area contributed by atoms with E-state index in [9.17, 15) is 9.18 Å². The van der Waals surface area contributed by atoms with Crippen molar-refractivity contribution in [3.63, 3.8) is 0 Å². The van der Waals surface area contributed by atoms with Gasteiger partial charge in [-0.05, 0) is 42.8 Å². The van der Waals surface area contributed by atoms with Gasteiger partial charge in [-0.2, -0.15) is 0 Å². The highest BCUT2D eigenvalue weighted by Crippen LogP contribution is 2.16. The van der Waals surface area contributed by atoms with Gasteiger partial charge in [-0.25, -0.2) is 9.37 Å². The summed E-state index contributed by atoms with van der Waals surface area (Å²) in [6.07, 6.45) is 1.47. The van der Waals surface area contributed by atoms with Gasteiger partial charge in [0.15, 0.2) is 5.78 Å². The lowest BCUT2D eigenvalue weighted by Crippen LogP contribution is -2.04. The van der Waals surface area contributed by atoms with Gasteiger partial charge in [-0.1, -0.05) is 11.6 Å². The van der Waals surface area contributed by atoms with E-state index in [-0.39, 0.29) is 16.8 Å². The average Bonchev–Trinajstić information content (AvgIpc) is 2.28. The minimum atomic E-state index is -0.355. The summed E-state index contributed by atoms with van der Waals surface area (Å²) < 4.78 is 12.9. The highest BCUT2D eigenvalue weighted by atomic mass is 35.5. The van der Waals surface area contributed by atoms with Crippen LogP contribution in [0.4, 0.5) is 4.39 Å². The van der Waals surface area contributed by atoms with Crippen molar-refractivity contribution in [2.45, 2.75) is 6.92 Å². The van der Waals surface area contributed by atoms with Gasteiger partial charge in [-0.3, -0.25) is 4.79 Å². The number of rotatable bonds is 2. The van der Waals surface area contributed by atoms with Crippen LogP contribution in [0.2, 0.25) is 5.15 Å². The molecule has 2 aromatic rings. The van der Waals surface area contributed by atoms with Gasteiger partial charge in [0.1, 0.15) is 11.0 Å². The third-order valence-electron chi connectivity index (χ3n) is 2.42. The maximum absolute atomic E-state index is 12.9. The lowest BCUT2D eigenvalue weighted by molar-refractivity contribution is 0.103. The number of pyridine rings is 1. The van der Waals surface area contributed by atoms with Crippen LogP contribution in [0.5, 0.6) is 0 Å². The number of ketones is 1. The summed E-state index contributed by atoms with van der Waals surface area (Å²) in [5.41, 5.74) is 1.51. The predicted molar refractivity (Wildman–Crippen MR) is 63.8 cm³/mol. The second-order valence-corrected chi connectivity index (χ2v) is 4.04. The molecule has 0 bridgehead atoms. The highest BCUT2D eigenvalue weighted by molar-refractivity contribution is 6.30. The number of hydrogen-bond donors (Lipinski definition) is 0. The van der Waals surface area contributed by atoms with Crippen molar-refractivity contribution in [3.8, 4) is 0 Å². The van der Waals surface area contributed by atoms with Crippen LogP contribution in [0.1, 0.15) is 21.5 Å². The van der Waals surface area contributed by atoms with E-state index in [4.69, 9.17) is 11.6 Å². The van der Waals surface area contributed by atoms with Crippen molar-refractivity contribution in [1.29, 1.82) is 0 Å². The van der Waals surface area contributed by atoms with Crippen molar-refractivity contribution in [2.75, 3.05) is 0 Å². The molecule has 86 valence electrons. The van der Waals surface area contributed by atoms with Gasteiger partial charge in [0.2, 0.25) is 0 Å². The molecule has 0 aliphatic heterocycles. The Bertz CT molecular complexity index is 583. The summed E-state index contributed by atoms with van der Waals surface area (Å²) in [5, 5.41) is 0.260. The molecule has 0 saturated heterocycles. The number of carbonyl (C=O) groups is 1. The summed E-state index contributed by atoms with van der Waals surface area (Å²) in [5.74, 6) is -0.543. The van der Waals surface area contributed by atoms with Crippen LogP contribution in [-0.4, -0.2) is 10.8 Å². The van der Waals surface area contributed by atoms with Crippen molar-refractivity contribution in [2.24, 2.45) is 0 Å². The Labute approximate surface area is 103 Å². The molecule has 0 N–H and O–H groups in total. The Morgan fingerprint density at radius 2 is 2.06 bits per heavy atom. The predicted octanol–water partition coefficient (Wildman–Crippen LogP) is 3.41. The van der Waals surface area contributed by atoms with Crippen LogP contribution in [-0.2, 0) is 0 Å². The Kier molecular flexibility index (Phi) is 3.20. The zero-order valence-corrected chi connectivity index (χ0v) is 9.83.